The zero-order chi connectivity index (χ0) is 18.6. The summed E-state index contributed by atoms with van der Waals surface area (Å²) in [4.78, 5) is 15.5. The lowest BCUT2D eigenvalue weighted by atomic mass is 10.0. The number of aromatic nitrogens is 1. The molecule has 1 aromatic heterocycles. The third-order valence-corrected chi connectivity index (χ3v) is 4.36. The van der Waals surface area contributed by atoms with E-state index in [-0.39, 0.29) is 6.03 Å². The number of carbonyl (C=O) groups is 1. The number of nitrogens with one attached hydrogen (secondary N) is 3. The Balaban J connectivity index is 1.49. The van der Waals surface area contributed by atoms with E-state index in [0.717, 1.165) is 28.1 Å². The number of ether oxygens (including phenoxy) is 1. The van der Waals surface area contributed by atoms with Crippen LogP contribution in [0.5, 0.6) is 5.75 Å². The van der Waals surface area contributed by atoms with Crippen molar-refractivity contribution >= 4 is 28.3 Å². The van der Waals surface area contributed by atoms with Crippen molar-refractivity contribution in [3.63, 3.8) is 0 Å². The van der Waals surface area contributed by atoms with Gasteiger partial charge >= 0.3 is 6.03 Å². The quantitative estimate of drug-likeness (QED) is 0.452. The predicted octanol–water partition coefficient (Wildman–Crippen LogP) is 5.49. The van der Waals surface area contributed by atoms with Gasteiger partial charge in [0.15, 0.2) is 0 Å². The first-order valence-corrected chi connectivity index (χ1v) is 8.61. The van der Waals surface area contributed by atoms with Crippen LogP contribution < -0.4 is 15.4 Å². The Hall–Kier alpha value is -3.73. The summed E-state index contributed by atoms with van der Waals surface area (Å²) in [6.45, 7) is 0. The van der Waals surface area contributed by atoms with E-state index < -0.39 is 0 Å². The summed E-state index contributed by atoms with van der Waals surface area (Å²) in [5.74, 6) is 0.743. The number of benzene rings is 3. The Bertz CT molecular complexity index is 1080. The lowest BCUT2D eigenvalue weighted by molar-refractivity contribution is 0.262. The Morgan fingerprint density at radius 1 is 0.852 bits per heavy atom. The largest absolute Gasteiger partial charge is 0.497 e. The second kappa shape index (κ2) is 7.25. The lowest BCUT2D eigenvalue weighted by Gasteiger charge is -2.10. The minimum absolute atomic E-state index is 0.294. The van der Waals surface area contributed by atoms with Gasteiger partial charge in [-0.3, -0.25) is 0 Å². The molecule has 0 unspecified atom stereocenters. The molecule has 0 spiro atoms. The van der Waals surface area contributed by atoms with Gasteiger partial charge in [0, 0.05) is 23.1 Å². The number of urea groups is 1. The van der Waals surface area contributed by atoms with Crippen molar-refractivity contribution in [2.75, 3.05) is 17.7 Å². The molecule has 3 N–H and O–H groups in total. The molecule has 5 nitrogen and oxygen atoms in total. The number of aromatic amines is 1. The van der Waals surface area contributed by atoms with E-state index in [1.54, 1.807) is 31.4 Å². The van der Waals surface area contributed by atoms with Crippen LogP contribution in [0.2, 0.25) is 0 Å². The third-order valence-electron chi connectivity index (χ3n) is 4.36. The van der Waals surface area contributed by atoms with Crippen LogP contribution in [0.1, 0.15) is 0 Å². The van der Waals surface area contributed by atoms with E-state index in [4.69, 9.17) is 4.74 Å². The highest BCUT2D eigenvalue weighted by Crippen LogP contribution is 2.26. The SMILES string of the molecule is COc1ccc(NC(=O)Nc2cccc(-c3ccc4cc[nH]c4c3)c2)cc1. The van der Waals surface area contributed by atoms with Gasteiger partial charge in [0.05, 0.1) is 7.11 Å². The van der Waals surface area contributed by atoms with Gasteiger partial charge in [0.1, 0.15) is 5.75 Å². The molecular weight excluding hydrogens is 338 g/mol. The smallest absolute Gasteiger partial charge is 0.323 e. The number of anilines is 2. The normalized spacial score (nSPS) is 10.6. The van der Waals surface area contributed by atoms with Gasteiger partial charge in [0.2, 0.25) is 0 Å². The Labute approximate surface area is 157 Å². The van der Waals surface area contributed by atoms with Crippen molar-refractivity contribution in [2.45, 2.75) is 0 Å². The van der Waals surface area contributed by atoms with E-state index in [9.17, 15) is 4.79 Å². The minimum Gasteiger partial charge on any atom is -0.497 e. The van der Waals surface area contributed by atoms with Crippen molar-refractivity contribution in [1.82, 2.24) is 4.98 Å². The Morgan fingerprint density at radius 3 is 2.44 bits per heavy atom. The standard InChI is InChI=1S/C22H19N3O2/c1-27-20-9-7-18(8-10-20)24-22(26)25-19-4-2-3-16(13-19)17-6-5-15-11-12-23-21(15)14-17/h2-14,23H,1H3,(H2,24,25,26). The summed E-state index contributed by atoms with van der Waals surface area (Å²) in [5.41, 5.74) is 4.63. The van der Waals surface area contributed by atoms with Crippen LogP contribution in [0.25, 0.3) is 22.0 Å². The maximum atomic E-state index is 12.3. The van der Waals surface area contributed by atoms with Crippen LogP contribution in [0.15, 0.2) is 79.0 Å². The van der Waals surface area contributed by atoms with Crippen molar-refractivity contribution in [3.05, 3.63) is 79.0 Å². The van der Waals surface area contributed by atoms with Crippen molar-refractivity contribution in [3.8, 4) is 16.9 Å². The highest BCUT2D eigenvalue weighted by atomic mass is 16.5. The highest BCUT2D eigenvalue weighted by molar-refractivity contribution is 6.00. The number of H-pyrrole nitrogens is 1. The number of rotatable bonds is 4. The molecule has 134 valence electrons. The molecule has 0 aliphatic rings. The average molecular weight is 357 g/mol. The second-order valence-corrected chi connectivity index (χ2v) is 6.17. The fourth-order valence-corrected chi connectivity index (χ4v) is 2.97. The molecule has 0 atom stereocenters. The predicted molar refractivity (Wildman–Crippen MR) is 109 cm³/mol. The molecule has 0 aliphatic heterocycles. The van der Waals surface area contributed by atoms with Gasteiger partial charge in [-0.15, -0.1) is 0 Å². The summed E-state index contributed by atoms with van der Waals surface area (Å²) < 4.78 is 5.12. The van der Waals surface area contributed by atoms with E-state index in [1.165, 1.54) is 5.39 Å². The fourth-order valence-electron chi connectivity index (χ4n) is 2.97. The fraction of sp³-hybridized carbons (Fsp3) is 0.0455. The molecule has 1 heterocycles. The summed E-state index contributed by atoms with van der Waals surface area (Å²) in [7, 11) is 1.61. The molecular formula is C22H19N3O2. The molecule has 0 saturated carbocycles. The van der Waals surface area contributed by atoms with Gasteiger partial charge < -0.3 is 20.4 Å². The van der Waals surface area contributed by atoms with Gasteiger partial charge in [0.25, 0.3) is 0 Å². The first kappa shape index (κ1) is 16.7. The first-order chi connectivity index (χ1) is 13.2. The molecule has 0 bridgehead atoms. The van der Waals surface area contributed by atoms with Crippen molar-refractivity contribution < 1.29 is 9.53 Å². The second-order valence-electron chi connectivity index (χ2n) is 6.17. The molecule has 0 fully saturated rings. The number of hydrogen-bond acceptors (Lipinski definition) is 2. The number of hydrogen-bond donors (Lipinski definition) is 3. The Kier molecular flexibility index (Phi) is 4.49. The number of fused-ring (bicyclic) bond motifs is 1. The topological polar surface area (TPSA) is 66.2 Å². The Morgan fingerprint density at radius 2 is 1.63 bits per heavy atom. The monoisotopic (exact) mass is 357 g/mol. The maximum Gasteiger partial charge on any atom is 0.323 e. The molecule has 0 aliphatic carbocycles. The van der Waals surface area contributed by atoms with E-state index >= 15 is 0 Å². The van der Waals surface area contributed by atoms with Crippen molar-refractivity contribution in [1.29, 1.82) is 0 Å². The minimum atomic E-state index is -0.294. The first-order valence-electron chi connectivity index (χ1n) is 8.61. The molecule has 0 saturated heterocycles. The van der Waals surface area contributed by atoms with Crippen LogP contribution in [0.4, 0.5) is 16.2 Å². The van der Waals surface area contributed by atoms with Crippen LogP contribution in [0, 0.1) is 0 Å². The summed E-state index contributed by atoms with van der Waals surface area (Å²) >= 11 is 0. The van der Waals surface area contributed by atoms with Crippen LogP contribution in [-0.2, 0) is 0 Å². The number of carbonyl (C=O) groups excluding carboxylic acids is 1. The van der Waals surface area contributed by atoms with Gasteiger partial charge in [-0.05, 0) is 65.0 Å². The molecule has 3 aromatic carbocycles. The lowest BCUT2D eigenvalue weighted by Crippen LogP contribution is -2.19. The zero-order valence-corrected chi connectivity index (χ0v) is 14.8. The molecule has 4 aromatic rings. The molecule has 2 amide bonds. The van der Waals surface area contributed by atoms with Gasteiger partial charge in [-0.25, -0.2) is 4.79 Å². The molecule has 4 rings (SSSR count). The van der Waals surface area contributed by atoms with Gasteiger partial charge in [-0.1, -0.05) is 24.3 Å². The van der Waals surface area contributed by atoms with E-state index in [2.05, 4.69) is 33.8 Å². The summed E-state index contributed by atoms with van der Waals surface area (Å²) in [5, 5.41) is 6.86. The number of methoxy groups -OCH3 is 1. The maximum absolute atomic E-state index is 12.3. The van der Waals surface area contributed by atoms with Crippen LogP contribution in [-0.4, -0.2) is 18.1 Å². The summed E-state index contributed by atoms with van der Waals surface area (Å²) in [6, 6.07) is 23.0. The number of amides is 2. The molecule has 5 heteroatoms. The molecule has 0 radical (unpaired) electrons. The average Bonchev–Trinajstić information content (AvgIpc) is 3.16. The van der Waals surface area contributed by atoms with E-state index in [1.807, 2.05) is 36.5 Å². The third kappa shape index (κ3) is 3.77. The molecule has 27 heavy (non-hydrogen) atoms. The van der Waals surface area contributed by atoms with E-state index in [0.29, 0.717) is 5.69 Å². The summed E-state index contributed by atoms with van der Waals surface area (Å²) in [6.07, 6.45) is 1.93. The van der Waals surface area contributed by atoms with Gasteiger partial charge in [-0.2, -0.15) is 0 Å². The zero-order valence-electron chi connectivity index (χ0n) is 14.8. The van der Waals surface area contributed by atoms with Crippen LogP contribution in [0.3, 0.4) is 0 Å². The van der Waals surface area contributed by atoms with Crippen LogP contribution >= 0.6 is 0 Å². The highest BCUT2D eigenvalue weighted by Gasteiger charge is 2.06. The van der Waals surface area contributed by atoms with Crippen molar-refractivity contribution in [2.24, 2.45) is 0 Å².